The van der Waals surface area contributed by atoms with Gasteiger partial charge in [0.05, 0.1) is 11.9 Å². The summed E-state index contributed by atoms with van der Waals surface area (Å²) in [6.45, 7) is 4.35. The standard InChI is InChI=1S/C14H16F2N4O/c1-3-20-8-11(7-17-20)18-9(2)14(21)19-10-4-5-12(15)13(16)6-10/h4-9,18H,3H2,1-2H3,(H,19,21). The van der Waals surface area contributed by atoms with Gasteiger partial charge in [-0.25, -0.2) is 8.78 Å². The molecule has 1 heterocycles. The summed E-state index contributed by atoms with van der Waals surface area (Å²) in [7, 11) is 0. The van der Waals surface area contributed by atoms with Crippen LogP contribution in [-0.4, -0.2) is 21.7 Å². The van der Waals surface area contributed by atoms with Gasteiger partial charge in [-0.1, -0.05) is 0 Å². The molecule has 21 heavy (non-hydrogen) atoms. The summed E-state index contributed by atoms with van der Waals surface area (Å²) in [4.78, 5) is 12.0. The molecule has 2 rings (SSSR count). The summed E-state index contributed by atoms with van der Waals surface area (Å²) < 4.78 is 27.6. The quantitative estimate of drug-likeness (QED) is 0.891. The molecule has 0 saturated carbocycles. The summed E-state index contributed by atoms with van der Waals surface area (Å²) >= 11 is 0. The predicted molar refractivity (Wildman–Crippen MR) is 76.0 cm³/mol. The second-order valence-corrected chi connectivity index (χ2v) is 4.57. The molecule has 1 amide bonds. The number of hydrogen-bond acceptors (Lipinski definition) is 3. The van der Waals surface area contributed by atoms with E-state index in [-0.39, 0.29) is 11.6 Å². The highest BCUT2D eigenvalue weighted by molar-refractivity contribution is 5.96. The number of rotatable bonds is 5. The zero-order chi connectivity index (χ0) is 15.4. The van der Waals surface area contributed by atoms with Crippen LogP contribution in [0.1, 0.15) is 13.8 Å². The van der Waals surface area contributed by atoms with Crippen LogP contribution >= 0.6 is 0 Å². The van der Waals surface area contributed by atoms with Crippen LogP contribution in [0.2, 0.25) is 0 Å². The molecular weight excluding hydrogens is 278 g/mol. The van der Waals surface area contributed by atoms with Gasteiger partial charge in [-0.15, -0.1) is 0 Å². The summed E-state index contributed by atoms with van der Waals surface area (Å²) in [6, 6.07) is 2.66. The SMILES string of the molecule is CCn1cc(NC(C)C(=O)Nc2ccc(F)c(F)c2)cn1. The van der Waals surface area contributed by atoms with E-state index in [4.69, 9.17) is 0 Å². The molecule has 7 heteroatoms. The molecule has 0 aliphatic rings. The maximum atomic E-state index is 13.1. The van der Waals surface area contributed by atoms with Crippen molar-refractivity contribution < 1.29 is 13.6 Å². The van der Waals surface area contributed by atoms with Crippen LogP contribution in [0.25, 0.3) is 0 Å². The minimum Gasteiger partial charge on any atom is -0.371 e. The van der Waals surface area contributed by atoms with Crippen LogP contribution < -0.4 is 10.6 Å². The van der Waals surface area contributed by atoms with E-state index in [1.54, 1.807) is 24.0 Å². The Hall–Kier alpha value is -2.44. The van der Waals surface area contributed by atoms with E-state index in [0.717, 1.165) is 18.7 Å². The first-order valence-electron chi connectivity index (χ1n) is 6.54. The van der Waals surface area contributed by atoms with Crippen molar-refractivity contribution in [2.24, 2.45) is 0 Å². The molecule has 0 aliphatic heterocycles. The van der Waals surface area contributed by atoms with Crippen molar-refractivity contribution in [2.45, 2.75) is 26.4 Å². The lowest BCUT2D eigenvalue weighted by atomic mass is 10.2. The molecule has 0 radical (unpaired) electrons. The van der Waals surface area contributed by atoms with Gasteiger partial charge in [0.25, 0.3) is 0 Å². The third kappa shape index (κ3) is 3.77. The summed E-state index contributed by atoms with van der Waals surface area (Å²) in [6.07, 6.45) is 3.40. The van der Waals surface area contributed by atoms with Crippen LogP contribution in [-0.2, 0) is 11.3 Å². The fourth-order valence-electron chi connectivity index (χ4n) is 1.75. The van der Waals surface area contributed by atoms with E-state index < -0.39 is 17.7 Å². The number of nitrogens with zero attached hydrogens (tertiary/aromatic N) is 2. The van der Waals surface area contributed by atoms with Gasteiger partial charge in [0.1, 0.15) is 6.04 Å². The van der Waals surface area contributed by atoms with E-state index >= 15 is 0 Å². The van der Waals surface area contributed by atoms with Gasteiger partial charge >= 0.3 is 0 Å². The lowest BCUT2D eigenvalue weighted by molar-refractivity contribution is -0.116. The van der Waals surface area contributed by atoms with Gasteiger partial charge in [0.15, 0.2) is 11.6 Å². The third-order valence-corrected chi connectivity index (χ3v) is 2.92. The molecule has 1 aromatic heterocycles. The monoisotopic (exact) mass is 294 g/mol. The number of aryl methyl sites for hydroxylation is 1. The summed E-state index contributed by atoms with van der Waals surface area (Å²) in [5.74, 6) is -2.31. The topological polar surface area (TPSA) is 59.0 Å². The number of aromatic nitrogens is 2. The highest BCUT2D eigenvalue weighted by atomic mass is 19.2. The molecule has 5 nitrogen and oxygen atoms in total. The van der Waals surface area contributed by atoms with E-state index in [2.05, 4.69) is 15.7 Å². The zero-order valence-electron chi connectivity index (χ0n) is 11.7. The lowest BCUT2D eigenvalue weighted by Crippen LogP contribution is -2.31. The minimum absolute atomic E-state index is 0.205. The first kappa shape index (κ1) is 15.0. The molecule has 0 saturated heterocycles. The summed E-state index contributed by atoms with van der Waals surface area (Å²) in [5, 5.41) is 9.58. The van der Waals surface area contributed by atoms with Gasteiger partial charge in [0, 0.05) is 24.5 Å². The molecule has 0 fully saturated rings. The number of anilines is 2. The van der Waals surface area contributed by atoms with Crippen molar-refractivity contribution in [1.82, 2.24) is 9.78 Å². The molecular formula is C14H16F2N4O. The fourth-order valence-corrected chi connectivity index (χ4v) is 1.75. The van der Waals surface area contributed by atoms with Crippen LogP contribution in [0, 0.1) is 11.6 Å². The van der Waals surface area contributed by atoms with Crippen LogP contribution in [0.3, 0.4) is 0 Å². The van der Waals surface area contributed by atoms with E-state index in [0.29, 0.717) is 5.69 Å². The van der Waals surface area contributed by atoms with Gasteiger partial charge < -0.3 is 10.6 Å². The first-order valence-corrected chi connectivity index (χ1v) is 6.54. The van der Waals surface area contributed by atoms with Crippen LogP contribution in [0.15, 0.2) is 30.6 Å². The number of hydrogen-bond donors (Lipinski definition) is 2. The molecule has 1 unspecified atom stereocenters. The average Bonchev–Trinajstić information content (AvgIpc) is 2.90. The maximum absolute atomic E-state index is 13.1. The van der Waals surface area contributed by atoms with E-state index in [1.807, 2.05) is 6.92 Å². The molecule has 0 aliphatic carbocycles. The van der Waals surface area contributed by atoms with Crippen molar-refractivity contribution in [3.8, 4) is 0 Å². The lowest BCUT2D eigenvalue weighted by Gasteiger charge is -2.14. The first-order chi connectivity index (χ1) is 9.99. The Morgan fingerprint density at radius 2 is 2.10 bits per heavy atom. The van der Waals surface area contributed by atoms with Crippen LogP contribution in [0.5, 0.6) is 0 Å². The van der Waals surface area contributed by atoms with E-state index in [9.17, 15) is 13.6 Å². The molecule has 2 aromatic rings. The molecule has 1 atom stereocenters. The number of carbonyl (C=O) groups is 1. The number of benzene rings is 1. The Morgan fingerprint density at radius 3 is 2.71 bits per heavy atom. The molecule has 2 N–H and O–H groups in total. The molecule has 112 valence electrons. The Labute approximate surface area is 121 Å². The second kappa shape index (κ2) is 6.34. The van der Waals surface area contributed by atoms with E-state index in [1.165, 1.54) is 6.07 Å². The van der Waals surface area contributed by atoms with Crippen LogP contribution in [0.4, 0.5) is 20.2 Å². The zero-order valence-corrected chi connectivity index (χ0v) is 11.7. The number of amides is 1. The fraction of sp³-hybridized carbons (Fsp3) is 0.286. The second-order valence-electron chi connectivity index (χ2n) is 4.57. The van der Waals surface area contributed by atoms with Crippen molar-refractivity contribution in [3.63, 3.8) is 0 Å². The third-order valence-electron chi connectivity index (χ3n) is 2.92. The number of carbonyl (C=O) groups excluding carboxylic acids is 1. The Morgan fingerprint density at radius 1 is 1.33 bits per heavy atom. The minimum atomic E-state index is -1.00. The highest BCUT2D eigenvalue weighted by Crippen LogP contribution is 2.14. The normalized spacial score (nSPS) is 12.0. The van der Waals surface area contributed by atoms with Crippen molar-refractivity contribution in [2.75, 3.05) is 10.6 Å². The Balaban J connectivity index is 1.97. The maximum Gasteiger partial charge on any atom is 0.246 e. The highest BCUT2D eigenvalue weighted by Gasteiger charge is 2.14. The average molecular weight is 294 g/mol. The van der Waals surface area contributed by atoms with Crippen molar-refractivity contribution in [1.29, 1.82) is 0 Å². The predicted octanol–water partition coefficient (Wildman–Crippen LogP) is 2.62. The van der Waals surface area contributed by atoms with Crippen molar-refractivity contribution >= 4 is 17.3 Å². The molecule has 0 bridgehead atoms. The number of nitrogens with one attached hydrogen (secondary N) is 2. The van der Waals surface area contributed by atoms with Gasteiger partial charge in [-0.3, -0.25) is 9.48 Å². The Bertz CT molecular complexity index is 642. The van der Waals surface area contributed by atoms with Gasteiger partial charge in [-0.2, -0.15) is 5.10 Å². The largest absolute Gasteiger partial charge is 0.371 e. The smallest absolute Gasteiger partial charge is 0.246 e. The van der Waals surface area contributed by atoms with Gasteiger partial charge in [0.2, 0.25) is 5.91 Å². The molecule has 0 spiro atoms. The summed E-state index contributed by atoms with van der Waals surface area (Å²) in [5.41, 5.74) is 0.918. The van der Waals surface area contributed by atoms with Gasteiger partial charge in [-0.05, 0) is 26.0 Å². The van der Waals surface area contributed by atoms with Crippen molar-refractivity contribution in [3.05, 3.63) is 42.2 Å². The molecule has 1 aromatic carbocycles. The Kier molecular flexibility index (Phi) is 4.52. The number of halogens is 2.